The summed E-state index contributed by atoms with van der Waals surface area (Å²) >= 11 is 1.59. The van der Waals surface area contributed by atoms with Crippen molar-refractivity contribution in [1.82, 2.24) is 4.90 Å². The van der Waals surface area contributed by atoms with Gasteiger partial charge in [0.05, 0.1) is 10.9 Å². The molecule has 0 aliphatic carbocycles. The Hall–Kier alpha value is -1.90. The molecular weight excluding hydrogens is 322 g/mol. The zero-order valence-electron chi connectivity index (χ0n) is 12.2. The Morgan fingerprint density at radius 1 is 1.27 bits per heavy atom. The Labute approximate surface area is 133 Å². The van der Waals surface area contributed by atoms with Crippen molar-refractivity contribution >= 4 is 33.1 Å². The van der Waals surface area contributed by atoms with Crippen molar-refractivity contribution in [3.05, 3.63) is 46.7 Å². The number of nitrogens with one attached hydrogen (secondary N) is 1. The summed E-state index contributed by atoms with van der Waals surface area (Å²) in [5.74, 6) is 0. The third-order valence-corrected chi connectivity index (χ3v) is 5.26. The van der Waals surface area contributed by atoms with Crippen LogP contribution in [0.1, 0.15) is 17.8 Å². The van der Waals surface area contributed by atoms with Crippen LogP contribution in [0, 0.1) is 0 Å². The molecule has 8 heteroatoms. The lowest BCUT2D eigenvalue weighted by atomic mass is 10.2. The summed E-state index contributed by atoms with van der Waals surface area (Å²) in [4.78, 5) is 14.9. The Bertz CT molecular complexity index is 740. The number of primary sulfonamides is 1. The molecule has 0 bridgehead atoms. The SMILES string of the molecule is CC(c1cccs1)N(C)C(=O)Nc1ccc(S(N)(=O)=O)cc1. The van der Waals surface area contributed by atoms with Crippen LogP contribution in [0.25, 0.3) is 0 Å². The fourth-order valence-corrected chi connectivity index (χ4v) is 3.18. The molecule has 0 fully saturated rings. The quantitative estimate of drug-likeness (QED) is 0.897. The minimum Gasteiger partial charge on any atom is -0.320 e. The van der Waals surface area contributed by atoms with Crippen molar-refractivity contribution in [2.45, 2.75) is 17.9 Å². The molecule has 0 aliphatic heterocycles. The van der Waals surface area contributed by atoms with E-state index in [-0.39, 0.29) is 17.0 Å². The molecule has 2 rings (SSSR count). The number of nitrogens with zero attached hydrogens (tertiary/aromatic N) is 1. The lowest BCUT2D eigenvalue weighted by molar-refractivity contribution is 0.209. The summed E-state index contributed by atoms with van der Waals surface area (Å²) in [6, 6.07) is 9.30. The number of benzene rings is 1. The standard InChI is InChI=1S/C14H17N3O3S2/c1-10(13-4-3-9-21-13)17(2)14(18)16-11-5-7-12(8-6-11)22(15,19)20/h3-10H,1-2H3,(H,16,18)(H2,15,19,20). The first-order chi connectivity index (χ1) is 10.3. The van der Waals surface area contributed by atoms with Crippen LogP contribution in [-0.2, 0) is 10.0 Å². The van der Waals surface area contributed by atoms with E-state index in [9.17, 15) is 13.2 Å². The van der Waals surface area contributed by atoms with E-state index in [1.54, 1.807) is 23.3 Å². The van der Waals surface area contributed by atoms with Gasteiger partial charge in [0.2, 0.25) is 10.0 Å². The molecule has 0 radical (unpaired) electrons. The molecule has 1 heterocycles. The maximum absolute atomic E-state index is 12.2. The highest BCUT2D eigenvalue weighted by Crippen LogP contribution is 2.24. The predicted octanol–water partition coefficient (Wildman–Crippen LogP) is 2.62. The highest BCUT2D eigenvalue weighted by atomic mass is 32.2. The van der Waals surface area contributed by atoms with Gasteiger partial charge in [0.25, 0.3) is 0 Å². The van der Waals surface area contributed by atoms with Gasteiger partial charge in [0.1, 0.15) is 0 Å². The molecule has 1 aromatic heterocycles. The van der Waals surface area contributed by atoms with Crippen molar-refractivity contribution in [2.75, 3.05) is 12.4 Å². The first-order valence-corrected chi connectivity index (χ1v) is 8.91. The summed E-state index contributed by atoms with van der Waals surface area (Å²) < 4.78 is 22.4. The van der Waals surface area contributed by atoms with Crippen LogP contribution < -0.4 is 10.5 Å². The minimum absolute atomic E-state index is 0.00538. The third-order valence-electron chi connectivity index (χ3n) is 3.29. The van der Waals surface area contributed by atoms with Gasteiger partial charge in [-0.2, -0.15) is 0 Å². The van der Waals surface area contributed by atoms with Crippen molar-refractivity contribution in [1.29, 1.82) is 0 Å². The summed E-state index contributed by atoms with van der Waals surface area (Å²) in [6.45, 7) is 1.94. The van der Waals surface area contributed by atoms with E-state index in [1.807, 2.05) is 24.4 Å². The Kier molecular flexibility index (Phi) is 4.84. The monoisotopic (exact) mass is 339 g/mol. The number of hydrogen-bond donors (Lipinski definition) is 2. The molecule has 2 amide bonds. The Balaban J connectivity index is 2.05. The fraction of sp³-hybridized carbons (Fsp3) is 0.214. The van der Waals surface area contributed by atoms with Crippen LogP contribution in [0.2, 0.25) is 0 Å². The third kappa shape index (κ3) is 3.85. The first kappa shape index (κ1) is 16.5. The summed E-state index contributed by atoms with van der Waals surface area (Å²) in [5, 5.41) is 9.71. The zero-order valence-corrected chi connectivity index (χ0v) is 13.8. The maximum atomic E-state index is 12.2. The van der Waals surface area contributed by atoms with Gasteiger partial charge in [-0.25, -0.2) is 18.4 Å². The van der Waals surface area contributed by atoms with Gasteiger partial charge in [0, 0.05) is 17.6 Å². The van der Waals surface area contributed by atoms with Crippen LogP contribution in [-0.4, -0.2) is 26.4 Å². The number of carbonyl (C=O) groups is 1. The summed E-state index contributed by atoms with van der Waals surface area (Å²) in [5.41, 5.74) is 0.502. The zero-order chi connectivity index (χ0) is 16.3. The number of nitrogens with two attached hydrogens (primary N) is 1. The molecule has 2 aromatic rings. The highest BCUT2D eigenvalue weighted by Gasteiger charge is 2.18. The molecule has 118 valence electrons. The predicted molar refractivity (Wildman–Crippen MR) is 87.3 cm³/mol. The van der Waals surface area contributed by atoms with Gasteiger partial charge in [0.15, 0.2) is 0 Å². The largest absolute Gasteiger partial charge is 0.322 e. The number of amides is 2. The number of hydrogen-bond acceptors (Lipinski definition) is 4. The van der Waals surface area contributed by atoms with E-state index >= 15 is 0 Å². The number of urea groups is 1. The van der Waals surface area contributed by atoms with E-state index < -0.39 is 10.0 Å². The van der Waals surface area contributed by atoms with Crippen molar-refractivity contribution in [3.63, 3.8) is 0 Å². The van der Waals surface area contributed by atoms with Gasteiger partial charge in [-0.1, -0.05) is 6.07 Å². The van der Waals surface area contributed by atoms with Crippen LogP contribution in [0.15, 0.2) is 46.7 Å². The second-order valence-corrected chi connectivity index (χ2v) is 7.34. The average Bonchev–Trinajstić information content (AvgIpc) is 2.99. The van der Waals surface area contributed by atoms with Crippen molar-refractivity contribution in [2.24, 2.45) is 5.14 Å². The molecule has 0 aliphatic rings. The van der Waals surface area contributed by atoms with E-state index in [0.717, 1.165) is 4.88 Å². The Morgan fingerprint density at radius 2 is 1.91 bits per heavy atom. The molecule has 1 atom stereocenters. The van der Waals surface area contributed by atoms with E-state index in [4.69, 9.17) is 5.14 Å². The van der Waals surface area contributed by atoms with Gasteiger partial charge in [-0.3, -0.25) is 0 Å². The molecule has 22 heavy (non-hydrogen) atoms. The van der Waals surface area contributed by atoms with Gasteiger partial charge in [-0.15, -0.1) is 11.3 Å². The minimum atomic E-state index is -3.73. The van der Waals surface area contributed by atoms with Crippen molar-refractivity contribution in [3.8, 4) is 0 Å². The summed E-state index contributed by atoms with van der Waals surface area (Å²) in [7, 11) is -2.02. The lowest BCUT2D eigenvalue weighted by Gasteiger charge is -2.24. The van der Waals surface area contributed by atoms with E-state index in [1.165, 1.54) is 24.3 Å². The van der Waals surface area contributed by atoms with Crippen molar-refractivity contribution < 1.29 is 13.2 Å². The first-order valence-electron chi connectivity index (χ1n) is 6.49. The second-order valence-electron chi connectivity index (χ2n) is 4.80. The maximum Gasteiger partial charge on any atom is 0.322 e. The Morgan fingerprint density at radius 3 is 2.41 bits per heavy atom. The number of sulfonamides is 1. The number of carbonyl (C=O) groups excluding carboxylic acids is 1. The summed E-state index contributed by atoms with van der Waals surface area (Å²) in [6.07, 6.45) is 0. The number of rotatable bonds is 4. The smallest absolute Gasteiger partial charge is 0.320 e. The molecule has 3 N–H and O–H groups in total. The van der Waals surface area contributed by atoms with Gasteiger partial charge < -0.3 is 10.2 Å². The van der Waals surface area contributed by atoms with Gasteiger partial charge >= 0.3 is 6.03 Å². The molecule has 1 unspecified atom stereocenters. The van der Waals surface area contributed by atoms with Crippen LogP contribution >= 0.6 is 11.3 Å². The average molecular weight is 339 g/mol. The highest BCUT2D eigenvalue weighted by molar-refractivity contribution is 7.89. The molecule has 6 nitrogen and oxygen atoms in total. The lowest BCUT2D eigenvalue weighted by Crippen LogP contribution is -2.33. The van der Waals surface area contributed by atoms with Crippen LogP contribution in [0.5, 0.6) is 0 Å². The number of thiophene rings is 1. The molecule has 0 saturated heterocycles. The van der Waals surface area contributed by atoms with Crippen LogP contribution in [0.3, 0.4) is 0 Å². The van der Waals surface area contributed by atoms with Gasteiger partial charge in [-0.05, 0) is 42.6 Å². The molecular formula is C14H17N3O3S2. The second kappa shape index (κ2) is 6.47. The topological polar surface area (TPSA) is 92.5 Å². The molecule has 0 saturated carbocycles. The van der Waals surface area contributed by atoms with E-state index in [2.05, 4.69) is 5.32 Å². The van der Waals surface area contributed by atoms with Crippen LogP contribution in [0.4, 0.5) is 10.5 Å². The number of anilines is 1. The molecule has 1 aromatic carbocycles. The van der Waals surface area contributed by atoms with E-state index in [0.29, 0.717) is 5.69 Å². The molecule has 0 spiro atoms. The fourth-order valence-electron chi connectivity index (χ4n) is 1.84. The normalized spacial score (nSPS) is 12.7.